The Labute approximate surface area is 300 Å². The van der Waals surface area contributed by atoms with Crippen LogP contribution in [-0.2, 0) is 14.3 Å². The Bertz CT molecular complexity index is 1780. The molecule has 0 unspecified atom stereocenters. The summed E-state index contributed by atoms with van der Waals surface area (Å²) in [6.45, 7) is 12.2. The second-order valence-corrected chi connectivity index (χ2v) is 14.7. The fourth-order valence-corrected chi connectivity index (χ4v) is 6.75. The van der Waals surface area contributed by atoms with E-state index in [-0.39, 0.29) is 30.2 Å². The number of anilines is 1. The van der Waals surface area contributed by atoms with E-state index in [1.165, 1.54) is 0 Å². The lowest BCUT2D eigenvalue weighted by atomic mass is 9.96. The smallest absolute Gasteiger partial charge is 0.410 e. The quantitative estimate of drug-likeness (QED) is 0.216. The summed E-state index contributed by atoms with van der Waals surface area (Å²) in [6, 6.07) is 14.4. The first-order valence-corrected chi connectivity index (χ1v) is 18.2. The number of nitrogens with one attached hydrogen (secondary N) is 2. The molecule has 0 saturated carbocycles. The zero-order valence-corrected chi connectivity index (χ0v) is 30.2. The lowest BCUT2D eigenvalue weighted by Gasteiger charge is -2.33. The SMILES string of the molecule is CC(C)(C)OC(=O)N1CCC(O)CC1.Cc1cccc(-c2[nH]cnc2-c2ccc3ncc(N4CCC(C(=O)OC5CCNCC5)CC4)cc3c2)n1. The largest absolute Gasteiger partial charge is 0.462 e. The van der Waals surface area contributed by atoms with Gasteiger partial charge < -0.3 is 34.7 Å². The second kappa shape index (κ2) is 16.2. The number of aromatic amines is 1. The number of nitrogens with zero attached hydrogens (tertiary/aromatic N) is 5. The van der Waals surface area contributed by atoms with Gasteiger partial charge >= 0.3 is 12.1 Å². The molecule has 0 aliphatic carbocycles. The molecule has 272 valence electrons. The highest BCUT2D eigenvalue weighted by atomic mass is 16.6. The van der Waals surface area contributed by atoms with Crippen molar-refractivity contribution in [2.75, 3.05) is 44.2 Å². The van der Waals surface area contributed by atoms with Crippen molar-refractivity contribution in [3.63, 3.8) is 0 Å². The van der Waals surface area contributed by atoms with E-state index in [0.29, 0.717) is 25.9 Å². The maximum Gasteiger partial charge on any atom is 0.410 e. The number of piperidine rings is 3. The molecule has 3 saturated heterocycles. The van der Waals surface area contributed by atoms with Gasteiger partial charge in [-0.2, -0.15) is 0 Å². The molecule has 0 radical (unpaired) electrons. The monoisotopic (exact) mass is 697 g/mol. The highest BCUT2D eigenvalue weighted by molar-refractivity contribution is 5.88. The van der Waals surface area contributed by atoms with Crippen molar-refractivity contribution in [3.05, 3.63) is 60.7 Å². The Morgan fingerprint density at radius 3 is 2.37 bits per heavy atom. The standard InChI is InChI=1S/C29H32N6O2.C10H19NO3/c1-19-3-2-4-26(34-19)28-27(32-18-33-28)21-5-6-25-22(15-21)16-23(17-31-25)35-13-9-20(10-14-35)29(36)37-24-7-11-30-12-8-24;1-10(2,3)14-9(13)11-6-4-8(12)5-7-11/h2-6,15-18,20,24,30H,7-14H2,1H3,(H,32,33);8,12H,4-7H2,1-3H3. The minimum atomic E-state index is -0.437. The normalized spacial score (nSPS) is 17.9. The van der Waals surface area contributed by atoms with Gasteiger partial charge in [-0.1, -0.05) is 12.1 Å². The molecule has 7 rings (SSSR count). The van der Waals surface area contributed by atoms with Crippen molar-refractivity contribution >= 4 is 28.7 Å². The topological polar surface area (TPSA) is 146 Å². The van der Waals surface area contributed by atoms with E-state index >= 15 is 0 Å². The highest BCUT2D eigenvalue weighted by Gasteiger charge is 2.29. The number of esters is 1. The van der Waals surface area contributed by atoms with Crippen molar-refractivity contribution < 1.29 is 24.2 Å². The van der Waals surface area contributed by atoms with Gasteiger partial charge in [0.2, 0.25) is 0 Å². The number of hydrogen-bond donors (Lipinski definition) is 3. The first-order valence-electron chi connectivity index (χ1n) is 18.2. The number of carbonyl (C=O) groups excluding carboxylic acids is 2. The van der Waals surface area contributed by atoms with Crippen molar-refractivity contribution in [1.29, 1.82) is 0 Å². The van der Waals surface area contributed by atoms with Gasteiger partial charge in [0.1, 0.15) is 11.7 Å². The third kappa shape index (κ3) is 9.62. The van der Waals surface area contributed by atoms with E-state index in [1.54, 1.807) is 11.2 Å². The summed E-state index contributed by atoms with van der Waals surface area (Å²) < 4.78 is 11.0. The number of fused-ring (bicyclic) bond motifs is 1. The first-order chi connectivity index (χ1) is 24.5. The van der Waals surface area contributed by atoms with Gasteiger partial charge in [-0.15, -0.1) is 0 Å². The number of aromatic nitrogens is 4. The number of aliphatic hydroxyl groups is 1. The Morgan fingerprint density at radius 1 is 0.922 bits per heavy atom. The van der Waals surface area contributed by atoms with Crippen LogP contribution >= 0.6 is 0 Å². The van der Waals surface area contributed by atoms with Crippen LogP contribution in [0.5, 0.6) is 0 Å². The van der Waals surface area contributed by atoms with Crippen LogP contribution in [0.15, 0.2) is 55.0 Å². The molecular formula is C39H51N7O5. The van der Waals surface area contributed by atoms with E-state index < -0.39 is 5.60 Å². The summed E-state index contributed by atoms with van der Waals surface area (Å²) >= 11 is 0. The number of imidazole rings is 1. The van der Waals surface area contributed by atoms with Crippen LogP contribution in [0.1, 0.15) is 65.0 Å². The number of ether oxygens (including phenoxy) is 2. The van der Waals surface area contributed by atoms with E-state index in [4.69, 9.17) is 14.5 Å². The van der Waals surface area contributed by atoms with Crippen molar-refractivity contribution in [3.8, 4) is 22.6 Å². The van der Waals surface area contributed by atoms with Crippen LogP contribution < -0.4 is 10.2 Å². The number of pyridine rings is 2. The van der Waals surface area contributed by atoms with Crippen molar-refractivity contribution in [2.45, 2.75) is 84.0 Å². The van der Waals surface area contributed by atoms with Gasteiger partial charge in [0, 0.05) is 42.8 Å². The average Bonchev–Trinajstić information content (AvgIpc) is 3.62. The molecule has 3 fully saturated rings. The van der Waals surface area contributed by atoms with Gasteiger partial charge in [-0.25, -0.2) is 9.78 Å². The minimum Gasteiger partial charge on any atom is -0.462 e. The summed E-state index contributed by atoms with van der Waals surface area (Å²) in [5.41, 5.74) is 6.23. The van der Waals surface area contributed by atoms with Gasteiger partial charge in [0.05, 0.1) is 52.8 Å². The molecule has 12 nitrogen and oxygen atoms in total. The molecule has 4 aromatic rings. The Kier molecular flexibility index (Phi) is 11.5. The molecule has 3 aliphatic heterocycles. The zero-order chi connectivity index (χ0) is 36.0. The molecule has 12 heteroatoms. The Morgan fingerprint density at radius 2 is 1.67 bits per heavy atom. The molecule has 3 aromatic heterocycles. The number of amides is 1. The highest BCUT2D eigenvalue weighted by Crippen LogP contribution is 2.32. The molecule has 1 aromatic carbocycles. The van der Waals surface area contributed by atoms with Crippen LogP contribution in [0.2, 0.25) is 0 Å². The van der Waals surface area contributed by atoms with E-state index in [1.807, 2.05) is 58.2 Å². The number of likely N-dealkylation sites (tertiary alicyclic amines) is 1. The number of carbonyl (C=O) groups is 2. The number of benzene rings is 1. The maximum atomic E-state index is 12.7. The predicted octanol–water partition coefficient (Wildman–Crippen LogP) is 5.89. The van der Waals surface area contributed by atoms with Gasteiger partial charge in [-0.3, -0.25) is 14.8 Å². The van der Waals surface area contributed by atoms with Crippen LogP contribution in [0.25, 0.3) is 33.5 Å². The zero-order valence-electron chi connectivity index (χ0n) is 30.2. The number of hydrogen-bond acceptors (Lipinski definition) is 10. The summed E-state index contributed by atoms with van der Waals surface area (Å²) in [4.78, 5) is 45.5. The summed E-state index contributed by atoms with van der Waals surface area (Å²) in [5.74, 6) is -0.0368. The predicted molar refractivity (Wildman–Crippen MR) is 197 cm³/mol. The van der Waals surface area contributed by atoms with Crippen LogP contribution in [0.3, 0.4) is 0 Å². The summed E-state index contributed by atoms with van der Waals surface area (Å²) in [6.07, 6.45) is 7.94. The third-order valence-electron chi connectivity index (χ3n) is 9.60. The van der Waals surface area contributed by atoms with E-state index in [9.17, 15) is 14.7 Å². The third-order valence-corrected chi connectivity index (χ3v) is 9.60. The Hall–Kier alpha value is -4.55. The maximum absolute atomic E-state index is 12.7. The number of aliphatic hydroxyl groups excluding tert-OH is 1. The molecule has 0 bridgehead atoms. The molecule has 0 spiro atoms. The minimum absolute atomic E-state index is 0.0144. The van der Waals surface area contributed by atoms with Gasteiger partial charge in [0.15, 0.2) is 0 Å². The summed E-state index contributed by atoms with van der Waals surface area (Å²) in [7, 11) is 0. The molecule has 6 heterocycles. The van der Waals surface area contributed by atoms with Crippen molar-refractivity contribution in [2.24, 2.45) is 5.92 Å². The molecule has 51 heavy (non-hydrogen) atoms. The second-order valence-electron chi connectivity index (χ2n) is 14.7. The van der Waals surface area contributed by atoms with Crippen LogP contribution in [0, 0.1) is 12.8 Å². The Balaban J connectivity index is 0.000000270. The van der Waals surface area contributed by atoms with Crippen LogP contribution in [0.4, 0.5) is 10.5 Å². The molecule has 3 N–H and O–H groups in total. The fraction of sp³-hybridized carbons (Fsp3) is 0.513. The average molecular weight is 698 g/mol. The van der Waals surface area contributed by atoms with Crippen LogP contribution in [-0.4, -0.2) is 99.1 Å². The number of aryl methyl sites for hydroxylation is 1. The lowest BCUT2D eigenvalue weighted by molar-refractivity contribution is -0.155. The fourth-order valence-electron chi connectivity index (χ4n) is 6.75. The van der Waals surface area contributed by atoms with E-state index in [2.05, 4.69) is 43.4 Å². The summed E-state index contributed by atoms with van der Waals surface area (Å²) in [5, 5.41) is 13.6. The lowest BCUT2D eigenvalue weighted by Crippen LogP contribution is -2.42. The molecule has 1 amide bonds. The molecule has 0 atom stereocenters. The molecule has 3 aliphatic rings. The number of rotatable bonds is 5. The number of H-pyrrole nitrogens is 1. The first kappa shape index (κ1) is 36.2. The van der Waals surface area contributed by atoms with Gasteiger partial charge in [0.25, 0.3) is 0 Å². The van der Waals surface area contributed by atoms with Crippen molar-refractivity contribution in [1.82, 2.24) is 30.2 Å². The van der Waals surface area contributed by atoms with E-state index in [0.717, 1.165) is 96.8 Å². The van der Waals surface area contributed by atoms with Gasteiger partial charge in [-0.05, 0) is 110 Å². The molecular weight excluding hydrogens is 646 g/mol.